The Morgan fingerprint density at radius 1 is 1.11 bits per heavy atom. The minimum atomic E-state index is -0.284. The highest BCUT2D eigenvalue weighted by atomic mass is 35.5. The number of hydrogen-bond donors (Lipinski definition) is 1. The van der Waals surface area contributed by atoms with E-state index in [0.29, 0.717) is 38.0 Å². The van der Waals surface area contributed by atoms with Crippen LogP contribution in [0.15, 0.2) is 59.1 Å². The highest BCUT2D eigenvalue weighted by Crippen LogP contribution is 2.33. The Kier molecular flexibility index (Phi) is 4.70. The molecule has 0 aliphatic carbocycles. The SMILES string of the molecule is Cc1nc(NC(=O)c2cccc(Cl)c2)sc1-c1nc(-c2ccccc2)no1. The monoisotopic (exact) mass is 396 g/mol. The number of rotatable bonds is 4. The van der Waals surface area contributed by atoms with Crippen molar-refractivity contribution in [1.29, 1.82) is 0 Å². The smallest absolute Gasteiger partial charge is 0.270 e. The molecule has 0 fully saturated rings. The van der Waals surface area contributed by atoms with E-state index in [0.717, 1.165) is 5.56 Å². The van der Waals surface area contributed by atoms with E-state index in [2.05, 4.69) is 20.4 Å². The fraction of sp³-hybridized carbons (Fsp3) is 0.0526. The lowest BCUT2D eigenvalue weighted by atomic mass is 10.2. The van der Waals surface area contributed by atoms with Crippen LogP contribution in [0.1, 0.15) is 16.1 Å². The fourth-order valence-corrected chi connectivity index (χ4v) is 3.54. The van der Waals surface area contributed by atoms with Crippen molar-refractivity contribution >= 4 is 34.0 Å². The first-order chi connectivity index (χ1) is 13.1. The van der Waals surface area contributed by atoms with Gasteiger partial charge in [0.2, 0.25) is 5.82 Å². The summed E-state index contributed by atoms with van der Waals surface area (Å²) < 4.78 is 5.38. The zero-order valence-corrected chi connectivity index (χ0v) is 15.7. The molecule has 4 rings (SSSR count). The van der Waals surface area contributed by atoms with Gasteiger partial charge in [0.15, 0.2) is 5.13 Å². The zero-order chi connectivity index (χ0) is 18.8. The average molecular weight is 397 g/mol. The summed E-state index contributed by atoms with van der Waals surface area (Å²) in [6.07, 6.45) is 0. The lowest BCUT2D eigenvalue weighted by Gasteiger charge is -2.01. The van der Waals surface area contributed by atoms with Crippen LogP contribution in [0.2, 0.25) is 5.02 Å². The van der Waals surface area contributed by atoms with Crippen molar-refractivity contribution < 1.29 is 9.32 Å². The second-order valence-corrected chi connectivity index (χ2v) is 7.12. The van der Waals surface area contributed by atoms with E-state index in [1.807, 2.05) is 37.3 Å². The van der Waals surface area contributed by atoms with Crippen molar-refractivity contribution in [3.63, 3.8) is 0 Å². The third kappa shape index (κ3) is 3.74. The molecule has 0 unspecified atom stereocenters. The molecule has 8 heteroatoms. The predicted molar refractivity (Wildman–Crippen MR) is 105 cm³/mol. The number of benzene rings is 2. The number of carbonyl (C=O) groups is 1. The molecule has 134 valence electrons. The van der Waals surface area contributed by atoms with Crippen LogP contribution in [0.3, 0.4) is 0 Å². The van der Waals surface area contributed by atoms with Gasteiger partial charge in [-0.15, -0.1) is 0 Å². The van der Waals surface area contributed by atoms with Crippen LogP contribution >= 0.6 is 22.9 Å². The summed E-state index contributed by atoms with van der Waals surface area (Å²) in [5, 5.41) is 7.75. The van der Waals surface area contributed by atoms with E-state index in [-0.39, 0.29) is 5.91 Å². The van der Waals surface area contributed by atoms with Gasteiger partial charge in [0.25, 0.3) is 11.8 Å². The van der Waals surface area contributed by atoms with E-state index in [4.69, 9.17) is 16.1 Å². The molecule has 2 heterocycles. The standard InChI is InChI=1S/C19H13ClN4O2S/c1-11-15(18-22-16(24-26-18)12-6-3-2-4-7-12)27-19(21-11)23-17(25)13-8-5-9-14(20)10-13/h2-10H,1H3,(H,21,23,25). The minimum absolute atomic E-state index is 0.284. The number of amides is 1. The number of hydrogen-bond acceptors (Lipinski definition) is 6. The average Bonchev–Trinajstić information content (AvgIpc) is 3.29. The molecule has 27 heavy (non-hydrogen) atoms. The number of halogens is 1. The minimum Gasteiger partial charge on any atom is -0.333 e. The first-order valence-corrected chi connectivity index (χ1v) is 9.23. The van der Waals surface area contributed by atoms with Gasteiger partial charge in [-0.05, 0) is 25.1 Å². The van der Waals surface area contributed by atoms with Crippen molar-refractivity contribution in [2.45, 2.75) is 6.92 Å². The van der Waals surface area contributed by atoms with Crippen LogP contribution in [-0.4, -0.2) is 21.0 Å². The molecule has 1 N–H and O–H groups in total. The lowest BCUT2D eigenvalue weighted by Crippen LogP contribution is -2.11. The van der Waals surface area contributed by atoms with Gasteiger partial charge in [0, 0.05) is 16.1 Å². The predicted octanol–water partition coefficient (Wildman–Crippen LogP) is 5.07. The molecule has 4 aromatic rings. The molecular weight excluding hydrogens is 384 g/mol. The molecule has 0 atom stereocenters. The van der Waals surface area contributed by atoms with Gasteiger partial charge in [-0.25, -0.2) is 4.98 Å². The molecule has 0 saturated carbocycles. The first-order valence-electron chi connectivity index (χ1n) is 8.04. The van der Waals surface area contributed by atoms with Gasteiger partial charge < -0.3 is 4.52 Å². The maximum absolute atomic E-state index is 12.4. The van der Waals surface area contributed by atoms with Gasteiger partial charge in [-0.1, -0.05) is 64.5 Å². The molecule has 2 aromatic carbocycles. The van der Waals surface area contributed by atoms with Crippen LogP contribution in [-0.2, 0) is 0 Å². The van der Waals surface area contributed by atoms with Gasteiger partial charge in [0.05, 0.1) is 5.69 Å². The summed E-state index contributed by atoms with van der Waals surface area (Å²) in [6, 6.07) is 16.3. The topological polar surface area (TPSA) is 80.9 Å². The Morgan fingerprint density at radius 3 is 2.70 bits per heavy atom. The number of anilines is 1. The quantitative estimate of drug-likeness (QED) is 0.520. The summed E-state index contributed by atoms with van der Waals surface area (Å²) in [6.45, 7) is 1.83. The Balaban J connectivity index is 1.57. The van der Waals surface area contributed by atoms with Crippen molar-refractivity contribution in [2.75, 3.05) is 5.32 Å². The molecule has 0 spiro atoms. The fourth-order valence-electron chi connectivity index (χ4n) is 2.47. The van der Waals surface area contributed by atoms with Gasteiger partial charge in [-0.3, -0.25) is 10.1 Å². The Labute approximate surface area is 163 Å². The molecule has 0 aliphatic rings. The lowest BCUT2D eigenvalue weighted by molar-refractivity contribution is 0.102. The van der Waals surface area contributed by atoms with Crippen LogP contribution in [0.4, 0.5) is 5.13 Å². The van der Waals surface area contributed by atoms with Crippen molar-refractivity contribution in [1.82, 2.24) is 15.1 Å². The Hall–Kier alpha value is -3.03. The number of thiazole rings is 1. The van der Waals surface area contributed by atoms with E-state index in [1.54, 1.807) is 24.3 Å². The molecule has 0 bridgehead atoms. The van der Waals surface area contributed by atoms with Gasteiger partial charge >= 0.3 is 0 Å². The summed E-state index contributed by atoms with van der Waals surface area (Å²) >= 11 is 7.21. The molecule has 6 nitrogen and oxygen atoms in total. The summed E-state index contributed by atoms with van der Waals surface area (Å²) in [5.74, 6) is 0.586. The largest absolute Gasteiger partial charge is 0.333 e. The second-order valence-electron chi connectivity index (χ2n) is 5.69. The normalized spacial score (nSPS) is 10.7. The maximum atomic E-state index is 12.4. The number of aromatic nitrogens is 3. The summed E-state index contributed by atoms with van der Waals surface area (Å²) in [7, 11) is 0. The molecule has 0 aliphatic heterocycles. The van der Waals surface area contributed by atoms with Gasteiger partial charge in [-0.2, -0.15) is 4.98 Å². The van der Waals surface area contributed by atoms with Crippen molar-refractivity contribution in [3.05, 3.63) is 70.9 Å². The third-order valence-electron chi connectivity index (χ3n) is 3.76. The first kappa shape index (κ1) is 17.4. The maximum Gasteiger partial charge on any atom is 0.270 e. The Bertz CT molecular complexity index is 1110. The van der Waals surface area contributed by atoms with E-state index in [1.165, 1.54) is 11.3 Å². The molecule has 1 amide bonds. The molecule has 2 aromatic heterocycles. The van der Waals surface area contributed by atoms with Crippen LogP contribution in [0.5, 0.6) is 0 Å². The summed E-state index contributed by atoms with van der Waals surface area (Å²) in [5.41, 5.74) is 2.02. The van der Waals surface area contributed by atoms with E-state index < -0.39 is 0 Å². The van der Waals surface area contributed by atoms with E-state index >= 15 is 0 Å². The number of nitrogens with one attached hydrogen (secondary N) is 1. The van der Waals surface area contributed by atoms with Crippen molar-refractivity contribution in [2.24, 2.45) is 0 Å². The van der Waals surface area contributed by atoms with Crippen LogP contribution in [0.25, 0.3) is 22.2 Å². The second kappa shape index (κ2) is 7.30. The number of aryl methyl sites for hydroxylation is 1. The molecule has 0 saturated heterocycles. The Morgan fingerprint density at radius 2 is 1.93 bits per heavy atom. The molecule has 0 radical (unpaired) electrons. The number of nitrogens with zero attached hydrogens (tertiary/aromatic N) is 3. The van der Waals surface area contributed by atoms with Gasteiger partial charge in [0.1, 0.15) is 4.88 Å². The third-order valence-corrected chi connectivity index (χ3v) is 5.05. The van der Waals surface area contributed by atoms with E-state index in [9.17, 15) is 4.79 Å². The highest BCUT2D eigenvalue weighted by Gasteiger charge is 2.18. The summed E-state index contributed by atoms with van der Waals surface area (Å²) in [4.78, 5) is 21.9. The van der Waals surface area contributed by atoms with Crippen molar-refractivity contribution in [3.8, 4) is 22.2 Å². The molecular formula is C19H13ClN4O2S. The van der Waals surface area contributed by atoms with Crippen LogP contribution < -0.4 is 5.32 Å². The number of carbonyl (C=O) groups excluding carboxylic acids is 1. The van der Waals surface area contributed by atoms with Crippen LogP contribution in [0, 0.1) is 6.92 Å². The highest BCUT2D eigenvalue weighted by molar-refractivity contribution is 7.19. The zero-order valence-electron chi connectivity index (χ0n) is 14.1.